The van der Waals surface area contributed by atoms with Crippen LogP contribution >= 0.6 is 11.6 Å². The number of hydrogen-bond acceptors (Lipinski definition) is 2. The average molecular weight is 237 g/mol. The van der Waals surface area contributed by atoms with Crippen LogP contribution in [0.25, 0.3) is 0 Å². The summed E-state index contributed by atoms with van der Waals surface area (Å²) >= 11 is 6.07. The minimum Gasteiger partial charge on any atom is -0.315 e. The van der Waals surface area contributed by atoms with Crippen LogP contribution in [0.1, 0.15) is 24.8 Å². The van der Waals surface area contributed by atoms with Crippen LogP contribution in [0.2, 0.25) is 5.02 Å². The molecule has 0 aliphatic carbocycles. The molecule has 0 aromatic heterocycles. The van der Waals surface area contributed by atoms with Crippen LogP contribution in [0.15, 0.2) is 29.3 Å². The highest BCUT2D eigenvalue weighted by molar-refractivity contribution is 6.33. The lowest BCUT2D eigenvalue weighted by molar-refractivity contribution is 0.605. The molecular formula is C13H17ClN2. The third-order valence-corrected chi connectivity index (χ3v) is 3.19. The lowest BCUT2D eigenvalue weighted by Crippen LogP contribution is -2.23. The lowest BCUT2D eigenvalue weighted by atomic mass is 10.1. The van der Waals surface area contributed by atoms with E-state index in [9.17, 15) is 0 Å². The molecule has 2 rings (SSSR count). The van der Waals surface area contributed by atoms with Gasteiger partial charge < -0.3 is 5.32 Å². The molecule has 86 valence electrons. The van der Waals surface area contributed by atoms with E-state index in [0.717, 1.165) is 23.7 Å². The highest BCUT2D eigenvalue weighted by Crippen LogP contribution is 2.13. The summed E-state index contributed by atoms with van der Waals surface area (Å²) in [5, 5.41) is 4.17. The first kappa shape index (κ1) is 11.6. The van der Waals surface area contributed by atoms with E-state index in [1.165, 1.54) is 19.3 Å². The van der Waals surface area contributed by atoms with Crippen LogP contribution in [-0.4, -0.2) is 25.3 Å². The van der Waals surface area contributed by atoms with Gasteiger partial charge in [-0.1, -0.05) is 36.2 Å². The molecule has 1 aliphatic rings. The molecule has 1 N–H and O–H groups in total. The van der Waals surface area contributed by atoms with Crippen molar-refractivity contribution in [3.8, 4) is 0 Å². The summed E-state index contributed by atoms with van der Waals surface area (Å²) in [5.41, 5.74) is 1.01. The van der Waals surface area contributed by atoms with Gasteiger partial charge in [0, 0.05) is 23.3 Å². The van der Waals surface area contributed by atoms with Gasteiger partial charge in [-0.2, -0.15) is 0 Å². The first-order chi connectivity index (χ1) is 7.86. The van der Waals surface area contributed by atoms with Crippen LogP contribution < -0.4 is 5.32 Å². The third-order valence-electron chi connectivity index (χ3n) is 2.85. The Morgan fingerprint density at radius 1 is 1.31 bits per heavy atom. The molecule has 3 heteroatoms. The van der Waals surface area contributed by atoms with Crippen LogP contribution in [0.5, 0.6) is 0 Å². The summed E-state index contributed by atoms with van der Waals surface area (Å²) in [6, 6.07) is 8.22. The number of rotatable bonds is 2. The molecule has 0 amide bonds. The number of aliphatic imine (C=N–C) groups is 1. The van der Waals surface area contributed by atoms with Crippen molar-refractivity contribution in [2.45, 2.75) is 25.3 Å². The maximum atomic E-state index is 6.07. The first-order valence-corrected chi connectivity index (χ1v) is 6.22. The largest absolute Gasteiger partial charge is 0.315 e. The van der Waals surface area contributed by atoms with Crippen molar-refractivity contribution in [3.05, 3.63) is 34.9 Å². The monoisotopic (exact) mass is 236 g/mol. The Labute approximate surface area is 102 Å². The van der Waals surface area contributed by atoms with Crippen LogP contribution in [0, 0.1) is 0 Å². The Kier molecular flexibility index (Phi) is 4.37. The highest BCUT2D eigenvalue weighted by atomic mass is 35.5. The van der Waals surface area contributed by atoms with Gasteiger partial charge >= 0.3 is 0 Å². The summed E-state index contributed by atoms with van der Waals surface area (Å²) in [6.45, 7) is 2.11. The summed E-state index contributed by atoms with van der Waals surface area (Å²) in [4.78, 5) is 4.60. The lowest BCUT2D eigenvalue weighted by Gasteiger charge is -2.08. The maximum Gasteiger partial charge on any atom is 0.0624 e. The number of benzene rings is 1. The van der Waals surface area contributed by atoms with Crippen molar-refractivity contribution in [1.82, 2.24) is 5.32 Å². The first-order valence-electron chi connectivity index (χ1n) is 5.85. The van der Waals surface area contributed by atoms with Gasteiger partial charge in [0.05, 0.1) is 6.04 Å². The van der Waals surface area contributed by atoms with E-state index < -0.39 is 0 Å². The smallest absolute Gasteiger partial charge is 0.0624 e. The summed E-state index contributed by atoms with van der Waals surface area (Å²) in [7, 11) is 0. The van der Waals surface area contributed by atoms with Gasteiger partial charge in [-0.3, -0.25) is 4.99 Å². The van der Waals surface area contributed by atoms with Gasteiger partial charge in [0.2, 0.25) is 0 Å². The Morgan fingerprint density at radius 3 is 3.06 bits per heavy atom. The van der Waals surface area contributed by atoms with E-state index in [4.69, 9.17) is 11.6 Å². The van der Waals surface area contributed by atoms with E-state index >= 15 is 0 Å². The maximum absolute atomic E-state index is 6.07. The minimum atomic E-state index is 0.402. The number of hydrogen-bond donors (Lipinski definition) is 1. The molecule has 0 radical (unpaired) electrons. The zero-order chi connectivity index (χ0) is 11.2. The van der Waals surface area contributed by atoms with Crippen molar-refractivity contribution in [1.29, 1.82) is 0 Å². The van der Waals surface area contributed by atoms with Crippen LogP contribution in [-0.2, 0) is 0 Å². The molecule has 1 aromatic carbocycles. The van der Waals surface area contributed by atoms with Gasteiger partial charge in [0.15, 0.2) is 0 Å². The second-order valence-corrected chi connectivity index (χ2v) is 4.56. The van der Waals surface area contributed by atoms with Gasteiger partial charge in [0.1, 0.15) is 0 Å². The number of nitrogens with zero attached hydrogens (tertiary/aromatic N) is 1. The van der Waals surface area contributed by atoms with Crippen molar-refractivity contribution in [2.75, 3.05) is 13.1 Å². The van der Waals surface area contributed by atoms with Gasteiger partial charge in [-0.05, 0) is 25.5 Å². The topological polar surface area (TPSA) is 24.4 Å². The molecule has 0 saturated carbocycles. The molecule has 1 unspecified atom stereocenters. The molecule has 1 aliphatic heterocycles. The van der Waals surface area contributed by atoms with Gasteiger partial charge in [0.25, 0.3) is 0 Å². The molecule has 1 aromatic rings. The fourth-order valence-electron chi connectivity index (χ4n) is 1.89. The minimum absolute atomic E-state index is 0.402. The summed E-state index contributed by atoms with van der Waals surface area (Å²) in [5.74, 6) is 0. The summed E-state index contributed by atoms with van der Waals surface area (Å²) < 4.78 is 0. The van der Waals surface area contributed by atoms with E-state index in [2.05, 4.69) is 10.3 Å². The predicted octanol–water partition coefficient (Wildman–Crippen LogP) is 2.90. The van der Waals surface area contributed by atoms with Gasteiger partial charge in [-0.15, -0.1) is 0 Å². The van der Waals surface area contributed by atoms with Gasteiger partial charge in [-0.25, -0.2) is 0 Å². The van der Waals surface area contributed by atoms with Crippen molar-refractivity contribution >= 4 is 17.8 Å². The average Bonchev–Trinajstić information content (AvgIpc) is 2.56. The van der Waals surface area contributed by atoms with Crippen LogP contribution in [0.4, 0.5) is 0 Å². The van der Waals surface area contributed by atoms with E-state index in [1.807, 2.05) is 30.5 Å². The molecule has 16 heavy (non-hydrogen) atoms. The SMILES string of the molecule is Clc1ccccc1C=NC1CCCCNC1. The summed E-state index contributed by atoms with van der Waals surface area (Å²) in [6.07, 6.45) is 5.60. The van der Waals surface area contributed by atoms with Crippen molar-refractivity contribution in [3.63, 3.8) is 0 Å². The molecule has 1 atom stereocenters. The number of nitrogens with one attached hydrogen (secondary N) is 1. The highest BCUT2D eigenvalue weighted by Gasteiger charge is 2.09. The second-order valence-electron chi connectivity index (χ2n) is 4.15. The quantitative estimate of drug-likeness (QED) is 0.785. The fourth-order valence-corrected chi connectivity index (χ4v) is 2.08. The molecule has 1 heterocycles. The Bertz CT molecular complexity index is 355. The standard InChI is InChI=1S/C13H17ClN2/c14-13-7-2-1-5-11(13)9-16-12-6-3-4-8-15-10-12/h1-2,5,7,9,12,15H,3-4,6,8,10H2. The Hall–Kier alpha value is -0.860. The van der Waals surface area contributed by atoms with Crippen molar-refractivity contribution in [2.24, 2.45) is 4.99 Å². The zero-order valence-corrected chi connectivity index (χ0v) is 10.1. The number of halogens is 1. The normalized spacial score (nSPS) is 22.2. The fraction of sp³-hybridized carbons (Fsp3) is 0.462. The molecule has 0 spiro atoms. The van der Waals surface area contributed by atoms with E-state index in [0.29, 0.717) is 6.04 Å². The molecule has 0 bridgehead atoms. The van der Waals surface area contributed by atoms with Crippen LogP contribution in [0.3, 0.4) is 0 Å². The molecule has 1 fully saturated rings. The second kappa shape index (κ2) is 6.02. The van der Waals surface area contributed by atoms with E-state index in [-0.39, 0.29) is 0 Å². The van der Waals surface area contributed by atoms with Crippen molar-refractivity contribution < 1.29 is 0 Å². The predicted molar refractivity (Wildman–Crippen MR) is 69.6 cm³/mol. The third kappa shape index (κ3) is 3.32. The molecule has 1 saturated heterocycles. The Morgan fingerprint density at radius 2 is 2.19 bits per heavy atom. The zero-order valence-electron chi connectivity index (χ0n) is 9.32. The Balaban J connectivity index is 2.00. The van der Waals surface area contributed by atoms with E-state index in [1.54, 1.807) is 0 Å². The molecule has 2 nitrogen and oxygen atoms in total. The molecular weight excluding hydrogens is 220 g/mol.